The zero-order chi connectivity index (χ0) is 20.1. The van der Waals surface area contributed by atoms with E-state index in [1.54, 1.807) is 11.0 Å². The van der Waals surface area contributed by atoms with Gasteiger partial charge in [-0.2, -0.15) is 0 Å². The molecule has 3 nitrogen and oxygen atoms in total. The van der Waals surface area contributed by atoms with Gasteiger partial charge in [0.2, 0.25) is 0 Å². The first-order valence-electron chi connectivity index (χ1n) is 8.43. The minimum absolute atomic E-state index is 0.0446. The van der Waals surface area contributed by atoms with Crippen molar-refractivity contribution in [2.75, 3.05) is 0 Å². The summed E-state index contributed by atoms with van der Waals surface area (Å²) in [5.74, 6) is -0.0446. The first-order valence-corrected chi connectivity index (χ1v) is 10.4. The monoisotopic (exact) mass is 438 g/mol. The van der Waals surface area contributed by atoms with Crippen LogP contribution in [-0.2, 0) is 4.79 Å². The number of aryl methyl sites for hydroxylation is 1. The topological polar surface area (TPSA) is 25.2 Å². The van der Waals surface area contributed by atoms with Crippen LogP contribution in [0.2, 0.25) is 10.0 Å². The van der Waals surface area contributed by atoms with Gasteiger partial charge < -0.3 is 4.57 Å². The number of thiocarbonyl (C=S) groups is 1. The van der Waals surface area contributed by atoms with Crippen LogP contribution in [0.5, 0.6) is 0 Å². The fourth-order valence-corrected chi connectivity index (χ4v) is 5.06. The van der Waals surface area contributed by atoms with Crippen LogP contribution in [0, 0.1) is 13.8 Å². The van der Waals surface area contributed by atoms with Crippen molar-refractivity contribution in [1.82, 2.24) is 9.47 Å². The second-order valence-corrected chi connectivity index (χ2v) is 9.94. The lowest BCUT2D eigenvalue weighted by Gasteiger charge is -2.30. The van der Waals surface area contributed by atoms with Gasteiger partial charge in [0, 0.05) is 22.6 Å². The van der Waals surface area contributed by atoms with Gasteiger partial charge in [-0.05, 0) is 70.5 Å². The van der Waals surface area contributed by atoms with Crippen LogP contribution < -0.4 is 0 Å². The average Bonchev–Trinajstić information content (AvgIpc) is 2.98. The highest BCUT2D eigenvalue weighted by Crippen LogP contribution is 2.38. The lowest BCUT2D eigenvalue weighted by Crippen LogP contribution is -2.44. The molecule has 1 aromatic carbocycles. The second kappa shape index (κ2) is 7.28. The Balaban J connectivity index is 2.03. The second-order valence-electron chi connectivity index (χ2n) is 7.45. The molecule has 0 atom stereocenters. The summed E-state index contributed by atoms with van der Waals surface area (Å²) in [6.07, 6.45) is 1.92. The third-order valence-corrected chi connectivity index (χ3v) is 6.42. The molecule has 3 rings (SSSR count). The van der Waals surface area contributed by atoms with Gasteiger partial charge in [0.25, 0.3) is 5.91 Å². The molecule has 0 spiro atoms. The molecule has 27 heavy (non-hydrogen) atoms. The molecule has 2 heterocycles. The van der Waals surface area contributed by atoms with Crippen LogP contribution in [0.4, 0.5) is 0 Å². The predicted octanol–water partition coefficient (Wildman–Crippen LogP) is 6.40. The van der Waals surface area contributed by atoms with E-state index in [1.807, 2.05) is 52.8 Å². The van der Waals surface area contributed by atoms with E-state index in [0.29, 0.717) is 19.3 Å². The largest absolute Gasteiger partial charge is 0.318 e. The van der Waals surface area contributed by atoms with Gasteiger partial charge in [-0.15, -0.1) is 0 Å². The smallest absolute Gasteiger partial charge is 0.266 e. The van der Waals surface area contributed by atoms with Crippen molar-refractivity contribution < 1.29 is 4.79 Å². The average molecular weight is 439 g/mol. The van der Waals surface area contributed by atoms with Gasteiger partial charge in [0.15, 0.2) is 0 Å². The number of carbonyl (C=O) groups is 1. The molecule has 2 aromatic rings. The first kappa shape index (κ1) is 20.5. The maximum Gasteiger partial charge on any atom is 0.266 e. The zero-order valence-electron chi connectivity index (χ0n) is 15.8. The van der Waals surface area contributed by atoms with Crippen molar-refractivity contribution in [3.05, 3.63) is 56.2 Å². The SMILES string of the molecule is Cc1cc(/C=C2/SC(=S)N(C(C)(C)C)C2=O)c(C)n1-c1ccc(Cl)c(Cl)c1. The van der Waals surface area contributed by atoms with Crippen molar-refractivity contribution in [3.63, 3.8) is 0 Å². The van der Waals surface area contributed by atoms with Crippen molar-refractivity contribution in [2.45, 2.75) is 40.2 Å². The Labute approximate surface area is 179 Å². The maximum atomic E-state index is 12.8. The summed E-state index contributed by atoms with van der Waals surface area (Å²) in [5, 5.41) is 1.03. The molecule has 0 aliphatic carbocycles. The fraction of sp³-hybridized carbons (Fsp3) is 0.300. The molecule has 0 bridgehead atoms. The molecular weight excluding hydrogens is 419 g/mol. The highest BCUT2D eigenvalue weighted by Gasteiger charge is 2.39. The van der Waals surface area contributed by atoms with Gasteiger partial charge in [0.1, 0.15) is 4.32 Å². The highest BCUT2D eigenvalue weighted by molar-refractivity contribution is 8.26. The molecule has 1 aliphatic rings. The molecule has 7 heteroatoms. The van der Waals surface area contributed by atoms with E-state index in [9.17, 15) is 4.79 Å². The van der Waals surface area contributed by atoms with Crippen LogP contribution in [0.15, 0.2) is 29.2 Å². The number of aromatic nitrogens is 1. The third-order valence-electron chi connectivity index (χ3n) is 4.38. The number of benzene rings is 1. The Hall–Kier alpha value is -1.27. The minimum atomic E-state index is -0.340. The summed E-state index contributed by atoms with van der Waals surface area (Å²) in [6, 6.07) is 7.61. The van der Waals surface area contributed by atoms with E-state index < -0.39 is 0 Å². The quantitative estimate of drug-likeness (QED) is 0.400. The van der Waals surface area contributed by atoms with E-state index in [4.69, 9.17) is 35.4 Å². The van der Waals surface area contributed by atoms with Crippen molar-refractivity contribution in [3.8, 4) is 5.69 Å². The van der Waals surface area contributed by atoms with Crippen LogP contribution in [-0.4, -0.2) is 25.2 Å². The summed E-state index contributed by atoms with van der Waals surface area (Å²) < 4.78 is 2.69. The van der Waals surface area contributed by atoms with Crippen molar-refractivity contribution in [2.24, 2.45) is 0 Å². The molecule has 142 valence electrons. The van der Waals surface area contributed by atoms with Gasteiger partial charge in [-0.25, -0.2) is 0 Å². The lowest BCUT2D eigenvalue weighted by molar-refractivity contribution is -0.125. The van der Waals surface area contributed by atoms with Crippen LogP contribution >= 0.6 is 47.2 Å². The maximum absolute atomic E-state index is 12.8. The Kier molecular flexibility index (Phi) is 5.52. The Morgan fingerprint density at radius 1 is 1.11 bits per heavy atom. The molecule has 0 saturated carbocycles. The molecule has 0 unspecified atom stereocenters. The summed E-state index contributed by atoms with van der Waals surface area (Å²) in [7, 11) is 0. The Bertz CT molecular complexity index is 987. The van der Waals surface area contributed by atoms with Gasteiger partial charge in [0.05, 0.1) is 15.0 Å². The highest BCUT2D eigenvalue weighted by atomic mass is 35.5. The molecule has 1 aromatic heterocycles. The summed E-state index contributed by atoms with van der Waals surface area (Å²) >= 11 is 19.0. The standard InChI is InChI=1S/C20H20Cl2N2OS2/c1-11-8-13(9-17-18(25)24(19(26)27-17)20(3,4)5)12(2)23(11)14-6-7-15(21)16(22)10-14/h6-10H,1-5H3/b17-9+. The van der Waals surface area contributed by atoms with Crippen LogP contribution in [0.25, 0.3) is 11.8 Å². The van der Waals surface area contributed by atoms with Crippen molar-refractivity contribution >= 4 is 63.5 Å². The molecule has 1 saturated heterocycles. The minimum Gasteiger partial charge on any atom is -0.318 e. The lowest BCUT2D eigenvalue weighted by atomic mass is 10.1. The predicted molar refractivity (Wildman–Crippen MR) is 120 cm³/mol. The number of nitrogens with zero attached hydrogens (tertiary/aromatic N) is 2. The number of thioether (sulfide) groups is 1. The first-order chi connectivity index (χ1) is 12.5. The molecule has 0 N–H and O–H groups in total. The fourth-order valence-electron chi connectivity index (χ4n) is 3.14. The number of hydrogen-bond donors (Lipinski definition) is 0. The van der Waals surface area contributed by atoms with E-state index >= 15 is 0 Å². The number of amides is 1. The number of hydrogen-bond acceptors (Lipinski definition) is 3. The summed E-state index contributed by atoms with van der Waals surface area (Å²) in [6.45, 7) is 9.99. The van der Waals surface area contributed by atoms with E-state index in [-0.39, 0.29) is 11.4 Å². The van der Waals surface area contributed by atoms with Crippen LogP contribution in [0.1, 0.15) is 37.7 Å². The number of halogens is 2. The Morgan fingerprint density at radius 3 is 2.33 bits per heavy atom. The normalized spacial score (nSPS) is 16.7. The van der Waals surface area contributed by atoms with Gasteiger partial charge in [-0.3, -0.25) is 9.69 Å². The van der Waals surface area contributed by atoms with Gasteiger partial charge >= 0.3 is 0 Å². The van der Waals surface area contributed by atoms with Gasteiger partial charge in [-0.1, -0.05) is 47.2 Å². The van der Waals surface area contributed by atoms with E-state index in [1.165, 1.54) is 11.8 Å². The third kappa shape index (κ3) is 3.83. The molecule has 1 fully saturated rings. The molecule has 0 radical (unpaired) electrons. The summed E-state index contributed by atoms with van der Waals surface area (Å²) in [5.41, 5.74) is 3.64. The molecular formula is C20H20Cl2N2OS2. The van der Waals surface area contributed by atoms with E-state index in [2.05, 4.69) is 10.6 Å². The van der Waals surface area contributed by atoms with Crippen molar-refractivity contribution in [1.29, 1.82) is 0 Å². The zero-order valence-corrected chi connectivity index (χ0v) is 18.9. The molecule has 1 aliphatic heterocycles. The number of carbonyl (C=O) groups excluding carboxylic acids is 1. The number of rotatable bonds is 2. The Morgan fingerprint density at radius 2 is 1.78 bits per heavy atom. The van der Waals surface area contributed by atoms with Crippen LogP contribution in [0.3, 0.4) is 0 Å². The van der Waals surface area contributed by atoms with E-state index in [0.717, 1.165) is 22.6 Å². The summed E-state index contributed by atoms with van der Waals surface area (Å²) in [4.78, 5) is 15.2. The molecule has 1 amide bonds.